The molecule has 0 bridgehead atoms. The lowest BCUT2D eigenvalue weighted by molar-refractivity contribution is -0.138. The van der Waals surface area contributed by atoms with Crippen LogP contribution in [0.25, 0.3) is 11.3 Å². The highest BCUT2D eigenvalue weighted by Gasteiger charge is 2.36. The van der Waals surface area contributed by atoms with Crippen molar-refractivity contribution in [3.63, 3.8) is 0 Å². The first-order chi connectivity index (χ1) is 13.3. The van der Waals surface area contributed by atoms with E-state index in [0.717, 1.165) is 17.8 Å². The van der Waals surface area contributed by atoms with Gasteiger partial charge in [-0.2, -0.15) is 18.4 Å². The molecule has 0 fully saturated rings. The first-order valence-corrected chi connectivity index (χ1v) is 9.38. The molecule has 4 nitrogen and oxygen atoms in total. The number of nitriles is 1. The predicted octanol–water partition coefficient (Wildman–Crippen LogP) is 4.86. The molecule has 0 saturated carbocycles. The molecule has 1 aromatic heterocycles. The van der Waals surface area contributed by atoms with E-state index < -0.39 is 17.3 Å². The second-order valence-corrected chi connectivity index (χ2v) is 7.20. The second-order valence-electron chi connectivity index (χ2n) is 6.12. The minimum atomic E-state index is -4.65. The van der Waals surface area contributed by atoms with Crippen LogP contribution in [0.3, 0.4) is 0 Å². The van der Waals surface area contributed by atoms with Gasteiger partial charge in [0.05, 0.1) is 16.8 Å². The molecule has 0 N–H and O–H groups in total. The standard InChI is InChI=1S/C20H20F3N3OS/c1-4-10-27-15-7-5-14(6-8-15)18-12-17(20(21,22)23)16(13-24)19(25-18)28-11-9-26(2)3/h4-8,12H,1,9-11H2,2-3H3. The van der Waals surface area contributed by atoms with Gasteiger partial charge in [-0.3, -0.25) is 0 Å². The van der Waals surface area contributed by atoms with Crippen molar-refractivity contribution in [1.82, 2.24) is 9.88 Å². The molecule has 0 radical (unpaired) electrons. The Labute approximate surface area is 166 Å². The number of rotatable bonds is 8. The summed E-state index contributed by atoms with van der Waals surface area (Å²) in [4.78, 5) is 6.25. The first kappa shape index (κ1) is 21.8. The Morgan fingerprint density at radius 3 is 2.50 bits per heavy atom. The normalized spacial score (nSPS) is 11.3. The second kappa shape index (κ2) is 9.62. The van der Waals surface area contributed by atoms with Crippen LogP contribution in [-0.4, -0.2) is 42.9 Å². The summed E-state index contributed by atoms with van der Waals surface area (Å²) in [6.45, 7) is 4.55. The number of nitrogens with zero attached hydrogens (tertiary/aromatic N) is 3. The highest BCUT2D eigenvalue weighted by atomic mass is 32.2. The molecule has 0 atom stereocenters. The summed E-state index contributed by atoms with van der Waals surface area (Å²) in [5.74, 6) is 1.10. The van der Waals surface area contributed by atoms with Gasteiger partial charge in [0.25, 0.3) is 0 Å². The van der Waals surface area contributed by atoms with Gasteiger partial charge < -0.3 is 9.64 Å². The average molecular weight is 407 g/mol. The third-order valence-corrected chi connectivity index (χ3v) is 4.65. The van der Waals surface area contributed by atoms with Crippen molar-refractivity contribution in [2.45, 2.75) is 11.2 Å². The Hall–Kier alpha value is -2.50. The van der Waals surface area contributed by atoms with Crippen molar-refractivity contribution in [2.24, 2.45) is 0 Å². The van der Waals surface area contributed by atoms with E-state index in [0.29, 0.717) is 30.2 Å². The minimum absolute atomic E-state index is 0.0844. The minimum Gasteiger partial charge on any atom is -0.490 e. The van der Waals surface area contributed by atoms with Gasteiger partial charge in [-0.25, -0.2) is 4.98 Å². The van der Waals surface area contributed by atoms with E-state index in [2.05, 4.69) is 11.6 Å². The lowest BCUT2D eigenvalue weighted by atomic mass is 10.1. The number of hydrogen-bond donors (Lipinski definition) is 0. The van der Waals surface area contributed by atoms with E-state index >= 15 is 0 Å². The quantitative estimate of drug-likeness (QED) is 0.462. The van der Waals surface area contributed by atoms with Gasteiger partial charge in [-0.1, -0.05) is 12.7 Å². The maximum atomic E-state index is 13.5. The third-order valence-electron chi connectivity index (χ3n) is 3.70. The van der Waals surface area contributed by atoms with Crippen molar-refractivity contribution in [3.8, 4) is 23.1 Å². The number of aromatic nitrogens is 1. The molecular formula is C20H20F3N3OS. The summed E-state index contributed by atoms with van der Waals surface area (Å²) in [6, 6.07) is 9.19. The van der Waals surface area contributed by atoms with Gasteiger partial charge >= 0.3 is 6.18 Å². The van der Waals surface area contributed by atoms with Crippen LogP contribution in [0, 0.1) is 11.3 Å². The van der Waals surface area contributed by atoms with E-state index in [1.165, 1.54) is 0 Å². The zero-order chi connectivity index (χ0) is 20.7. The zero-order valence-corrected chi connectivity index (χ0v) is 16.4. The molecule has 8 heteroatoms. The van der Waals surface area contributed by atoms with Crippen molar-refractivity contribution in [1.29, 1.82) is 5.26 Å². The average Bonchev–Trinajstić information content (AvgIpc) is 2.65. The van der Waals surface area contributed by atoms with E-state index in [1.807, 2.05) is 19.0 Å². The highest BCUT2D eigenvalue weighted by molar-refractivity contribution is 7.99. The molecule has 0 unspecified atom stereocenters. The Balaban J connectivity index is 2.46. The molecule has 28 heavy (non-hydrogen) atoms. The monoisotopic (exact) mass is 407 g/mol. The van der Waals surface area contributed by atoms with E-state index in [-0.39, 0.29) is 10.7 Å². The first-order valence-electron chi connectivity index (χ1n) is 8.40. The Kier molecular flexibility index (Phi) is 7.49. The Morgan fingerprint density at radius 1 is 1.29 bits per heavy atom. The van der Waals surface area contributed by atoms with Crippen molar-refractivity contribution in [3.05, 3.63) is 54.1 Å². The molecule has 1 heterocycles. The fraction of sp³-hybridized carbons (Fsp3) is 0.300. The van der Waals surface area contributed by atoms with Crippen LogP contribution in [-0.2, 0) is 6.18 Å². The smallest absolute Gasteiger partial charge is 0.417 e. The number of alkyl halides is 3. The molecule has 2 aromatic rings. The number of ether oxygens (including phenoxy) is 1. The number of pyridine rings is 1. The SMILES string of the molecule is C=CCOc1ccc(-c2cc(C(F)(F)F)c(C#N)c(SCCN(C)C)n2)cc1. The van der Waals surface area contributed by atoms with Gasteiger partial charge in [0.2, 0.25) is 0 Å². The maximum absolute atomic E-state index is 13.5. The van der Waals surface area contributed by atoms with Gasteiger partial charge in [0.1, 0.15) is 23.5 Å². The molecular weight excluding hydrogens is 387 g/mol. The molecule has 0 amide bonds. The molecule has 1 aromatic carbocycles. The van der Waals surface area contributed by atoms with Crippen LogP contribution in [0.4, 0.5) is 13.2 Å². The van der Waals surface area contributed by atoms with Crippen LogP contribution in [0.1, 0.15) is 11.1 Å². The molecule has 0 spiro atoms. The van der Waals surface area contributed by atoms with Crippen LogP contribution < -0.4 is 4.74 Å². The van der Waals surface area contributed by atoms with Crippen LogP contribution in [0.15, 0.2) is 48.0 Å². The third kappa shape index (κ3) is 5.75. The summed E-state index contributed by atoms with van der Waals surface area (Å²) in [6.07, 6.45) is -3.05. The Bertz CT molecular complexity index is 859. The van der Waals surface area contributed by atoms with Gasteiger partial charge in [-0.15, -0.1) is 11.8 Å². The fourth-order valence-electron chi connectivity index (χ4n) is 2.31. The predicted molar refractivity (Wildman–Crippen MR) is 104 cm³/mol. The molecule has 148 valence electrons. The number of hydrogen-bond acceptors (Lipinski definition) is 5. The largest absolute Gasteiger partial charge is 0.490 e. The molecule has 0 aliphatic carbocycles. The van der Waals surface area contributed by atoms with Gasteiger partial charge in [0.15, 0.2) is 0 Å². The lowest BCUT2D eigenvalue weighted by Gasteiger charge is -2.15. The van der Waals surface area contributed by atoms with Crippen molar-refractivity contribution >= 4 is 11.8 Å². The van der Waals surface area contributed by atoms with Crippen molar-refractivity contribution in [2.75, 3.05) is 33.0 Å². The summed E-state index contributed by atoms with van der Waals surface area (Å²) in [5, 5.41) is 9.40. The Morgan fingerprint density at radius 2 is 1.96 bits per heavy atom. The van der Waals surface area contributed by atoms with Crippen LogP contribution in [0.2, 0.25) is 0 Å². The van der Waals surface area contributed by atoms with Gasteiger partial charge in [0, 0.05) is 17.9 Å². The summed E-state index contributed by atoms with van der Waals surface area (Å²) < 4.78 is 46.0. The molecule has 0 aliphatic rings. The summed E-state index contributed by atoms with van der Waals surface area (Å²) in [5.41, 5.74) is -0.741. The number of halogens is 3. The molecule has 2 rings (SSSR count). The van der Waals surface area contributed by atoms with E-state index in [4.69, 9.17) is 4.74 Å². The number of thioether (sulfide) groups is 1. The van der Waals surface area contributed by atoms with Crippen LogP contribution >= 0.6 is 11.8 Å². The lowest BCUT2D eigenvalue weighted by Crippen LogP contribution is -2.15. The number of benzene rings is 1. The highest BCUT2D eigenvalue weighted by Crippen LogP contribution is 2.38. The zero-order valence-electron chi connectivity index (χ0n) is 15.6. The summed E-state index contributed by atoms with van der Waals surface area (Å²) in [7, 11) is 3.74. The topological polar surface area (TPSA) is 49.1 Å². The van der Waals surface area contributed by atoms with Gasteiger partial charge in [-0.05, 0) is 44.4 Å². The maximum Gasteiger partial charge on any atom is 0.417 e. The van der Waals surface area contributed by atoms with Crippen molar-refractivity contribution < 1.29 is 17.9 Å². The van der Waals surface area contributed by atoms with E-state index in [1.54, 1.807) is 36.4 Å². The summed E-state index contributed by atoms with van der Waals surface area (Å²) >= 11 is 1.14. The molecule has 0 saturated heterocycles. The molecule has 0 aliphatic heterocycles. The van der Waals surface area contributed by atoms with Crippen LogP contribution in [0.5, 0.6) is 5.75 Å². The van der Waals surface area contributed by atoms with E-state index in [9.17, 15) is 18.4 Å². The fourth-order valence-corrected chi connectivity index (χ4v) is 3.42.